The molecule has 1 saturated carbocycles. The lowest BCUT2D eigenvalue weighted by Crippen LogP contribution is -2.31. The molecule has 0 bridgehead atoms. The first-order valence-electron chi connectivity index (χ1n) is 11.2. The number of carbonyl (C=O) groups is 1. The summed E-state index contributed by atoms with van der Waals surface area (Å²) in [6.45, 7) is 11.5. The zero-order chi connectivity index (χ0) is 23.6. The van der Waals surface area contributed by atoms with Crippen LogP contribution in [0.4, 0.5) is 5.69 Å². The Morgan fingerprint density at radius 1 is 1.16 bits per heavy atom. The molecule has 1 heterocycles. The maximum Gasteiger partial charge on any atom is 0.313 e. The Balaban J connectivity index is 0.00000103. The molecule has 2 aromatic carbocycles. The number of fused-ring (bicyclic) bond motifs is 1. The van der Waals surface area contributed by atoms with Gasteiger partial charge in [0.1, 0.15) is 0 Å². The quantitative estimate of drug-likeness (QED) is 0.297. The summed E-state index contributed by atoms with van der Waals surface area (Å²) in [6.07, 6.45) is 6.67. The molecule has 0 amide bonds. The highest BCUT2D eigenvalue weighted by molar-refractivity contribution is 5.81. The highest BCUT2D eigenvalue weighted by Gasteiger charge is 2.55. The third kappa shape index (κ3) is 5.94. The fraction of sp³-hybridized carbons (Fsp3) is 0.370. The molecule has 2 aliphatic rings. The smallest absolute Gasteiger partial charge is 0.313 e. The van der Waals surface area contributed by atoms with Gasteiger partial charge >= 0.3 is 5.97 Å². The van der Waals surface area contributed by atoms with Crippen LogP contribution in [0.15, 0.2) is 66.8 Å². The van der Waals surface area contributed by atoms with Crippen LogP contribution in [0.1, 0.15) is 44.8 Å². The Bertz CT molecular complexity index is 925. The fourth-order valence-electron chi connectivity index (χ4n) is 4.42. The molecule has 172 valence electrons. The van der Waals surface area contributed by atoms with Crippen LogP contribution in [0, 0.1) is 28.8 Å². The lowest BCUT2D eigenvalue weighted by molar-refractivity contribution is -0.146. The topological polar surface area (TPSA) is 79.2 Å². The molecule has 5 heteroatoms. The minimum atomic E-state index is -0.386. The van der Waals surface area contributed by atoms with Gasteiger partial charge in [0, 0.05) is 19.6 Å². The van der Waals surface area contributed by atoms with E-state index in [0.717, 1.165) is 31.5 Å². The molecule has 2 fully saturated rings. The van der Waals surface area contributed by atoms with Crippen LogP contribution < -0.4 is 5.32 Å². The van der Waals surface area contributed by atoms with Crippen LogP contribution in [0.5, 0.6) is 0 Å². The van der Waals surface area contributed by atoms with E-state index in [1.165, 1.54) is 22.3 Å². The molecule has 4 rings (SSSR count). The van der Waals surface area contributed by atoms with Crippen LogP contribution >= 0.6 is 0 Å². The van der Waals surface area contributed by atoms with Crippen LogP contribution in [-0.4, -0.2) is 19.1 Å². The van der Waals surface area contributed by atoms with Crippen LogP contribution in [0.3, 0.4) is 0 Å². The van der Waals surface area contributed by atoms with Crippen molar-refractivity contribution in [3.63, 3.8) is 0 Å². The molecule has 0 radical (unpaired) electrons. The van der Waals surface area contributed by atoms with Crippen molar-refractivity contribution in [3.05, 3.63) is 88.4 Å². The molecule has 2 unspecified atom stereocenters. The Morgan fingerprint density at radius 3 is 2.47 bits per heavy atom. The first kappa shape index (κ1) is 25.1. The maximum absolute atomic E-state index is 12.4. The van der Waals surface area contributed by atoms with E-state index in [2.05, 4.69) is 85.1 Å². The van der Waals surface area contributed by atoms with E-state index in [1.807, 2.05) is 13.8 Å². The Labute approximate surface area is 192 Å². The summed E-state index contributed by atoms with van der Waals surface area (Å²) in [5.41, 5.74) is 10.0. The molecule has 1 saturated heterocycles. The van der Waals surface area contributed by atoms with Crippen LogP contribution in [0.25, 0.3) is 6.08 Å². The van der Waals surface area contributed by atoms with Gasteiger partial charge in [0.2, 0.25) is 0 Å². The Kier molecular flexibility index (Phi) is 9.39. The van der Waals surface area contributed by atoms with E-state index in [1.54, 1.807) is 0 Å². The lowest BCUT2D eigenvalue weighted by atomic mass is 9.75. The summed E-state index contributed by atoms with van der Waals surface area (Å²) in [4.78, 5) is 19.9. The summed E-state index contributed by atoms with van der Waals surface area (Å²) in [7, 11) is 0. The van der Waals surface area contributed by atoms with Gasteiger partial charge in [-0.3, -0.25) is 4.79 Å². The van der Waals surface area contributed by atoms with Gasteiger partial charge in [-0.05, 0) is 49.4 Å². The number of cyclic esters (lactones) is 1. The highest BCUT2D eigenvalue weighted by Crippen LogP contribution is 2.52. The molecule has 2 atom stereocenters. The normalized spacial score (nSPS) is 21.2. The number of benzene rings is 2. The second kappa shape index (κ2) is 12.0. The minimum absolute atomic E-state index is 0. The van der Waals surface area contributed by atoms with E-state index >= 15 is 0 Å². The van der Waals surface area contributed by atoms with E-state index in [-0.39, 0.29) is 18.7 Å². The molecule has 1 aliphatic carbocycles. The van der Waals surface area contributed by atoms with E-state index in [9.17, 15) is 4.79 Å². The van der Waals surface area contributed by atoms with Crippen molar-refractivity contribution in [1.82, 2.24) is 0 Å². The van der Waals surface area contributed by atoms with Gasteiger partial charge in [-0.2, -0.15) is 4.91 Å². The maximum atomic E-state index is 12.4. The van der Waals surface area contributed by atoms with Crippen molar-refractivity contribution < 1.29 is 11.0 Å². The molecular formula is C27H36N2O3. The highest BCUT2D eigenvalue weighted by atomic mass is 16.5. The number of carbonyl (C=O) groups excluding carboxylic acids is 1. The summed E-state index contributed by atoms with van der Waals surface area (Å²) in [5, 5.41) is 3.42. The monoisotopic (exact) mass is 436 g/mol. The number of allylic oxidation sites excluding steroid dienone is 1. The van der Waals surface area contributed by atoms with Gasteiger partial charge in [0.05, 0.1) is 12.0 Å². The van der Waals surface area contributed by atoms with Crippen molar-refractivity contribution in [2.24, 2.45) is 11.3 Å². The average Bonchev–Trinajstić information content (AvgIpc) is 3.30. The molecule has 0 aromatic heterocycles. The third-order valence-electron chi connectivity index (χ3n) is 5.99. The number of nitrogens with one attached hydrogen (secondary N) is 2. The average molecular weight is 437 g/mol. The van der Waals surface area contributed by atoms with E-state index in [4.69, 9.17) is 9.64 Å². The molecule has 2 aromatic rings. The fourth-order valence-corrected chi connectivity index (χ4v) is 4.42. The number of ether oxygens (including phenoxy) is 1. The van der Waals surface area contributed by atoms with Crippen molar-refractivity contribution in [1.29, 1.82) is 5.59 Å². The second-order valence-electron chi connectivity index (χ2n) is 8.15. The number of aryl methyl sites for hydroxylation is 1. The summed E-state index contributed by atoms with van der Waals surface area (Å²) < 4.78 is 5.38. The second-order valence-corrected chi connectivity index (χ2v) is 8.15. The number of anilines is 1. The number of esters is 1. The summed E-state index contributed by atoms with van der Waals surface area (Å²) in [5.74, 6) is 0.247. The van der Waals surface area contributed by atoms with Gasteiger partial charge in [-0.15, -0.1) is 0 Å². The molecule has 0 spiro atoms. The zero-order valence-electron chi connectivity index (χ0n) is 19.3. The molecule has 5 nitrogen and oxygen atoms in total. The van der Waals surface area contributed by atoms with Gasteiger partial charge in [-0.1, -0.05) is 85.7 Å². The first-order chi connectivity index (χ1) is 15.5. The number of rotatable bonds is 6. The van der Waals surface area contributed by atoms with Crippen molar-refractivity contribution in [2.75, 3.05) is 18.5 Å². The number of nitroso groups, excluding NO2 is 1. The van der Waals surface area contributed by atoms with Crippen molar-refractivity contribution >= 4 is 17.7 Å². The Morgan fingerprint density at radius 2 is 1.81 bits per heavy atom. The van der Waals surface area contributed by atoms with Gasteiger partial charge in [0.25, 0.3) is 0 Å². The standard InChI is InChI=1S/C25H27NO2.C2H6.HNO.H2/c1-18-5-7-20(8-6-18)4-3-13-26-23-11-9-21(10-12-23)16-25-15-19(2)14-22(25)17-28-24(25)27;2*1-2;/h3-12,22,26H,2,13-17H2,1H3;1-2H3;1H;1H/b4-3+;;;. The van der Waals surface area contributed by atoms with Gasteiger partial charge < -0.3 is 10.1 Å². The van der Waals surface area contributed by atoms with Crippen LogP contribution in [0.2, 0.25) is 0 Å². The van der Waals surface area contributed by atoms with Crippen molar-refractivity contribution in [2.45, 2.75) is 40.0 Å². The minimum Gasteiger partial charge on any atom is -0.465 e. The van der Waals surface area contributed by atoms with E-state index < -0.39 is 0 Å². The number of hydrogen-bond acceptors (Lipinski definition) is 5. The molecule has 32 heavy (non-hydrogen) atoms. The molecular weight excluding hydrogens is 400 g/mol. The summed E-state index contributed by atoms with van der Waals surface area (Å²) >= 11 is 0. The summed E-state index contributed by atoms with van der Waals surface area (Å²) in [6, 6.07) is 16.9. The number of hydrogen-bond donors (Lipinski definition) is 2. The van der Waals surface area contributed by atoms with Crippen LogP contribution in [-0.2, 0) is 16.0 Å². The Hall–Kier alpha value is -3.21. The first-order valence-corrected chi connectivity index (χ1v) is 11.2. The van der Waals surface area contributed by atoms with E-state index in [0.29, 0.717) is 6.61 Å². The molecule has 2 N–H and O–H groups in total. The molecule has 1 aliphatic heterocycles. The SMILES string of the molecule is C=C1CC2COC(=O)C2(Cc2ccc(NC/C=C/c3ccc(C)cc3)cc2)C1.CC.N=O.[HH]. The zero-order valence-corrected chi connectivity index (χ0v) is 19.3. The van der Waals surface area contributed by atoms with Gasteiger partial charge in [0.15, 0.2) is 0 Å². The van der Waals surface area contributed by atoms with Gasteiger partial charge in [-0.25, -0.2) is 0 Å². The predicted molar refractivity (Wildman–Crippen MR) is 134 cm³/mol. The largest absolute Gasteiger partial charge is 0.465 e. The lowest BCUT2D eigenvalue weighted by Gasteiger charge is -2.24. The predicted octanol–water partition coefficient (Wildman–Crippen LogP) is 6.78. The van der Waals surface area contributed by atoms with Crippen molar-refractivity contribution in [3.8, 4) is 0 Å². The third-order valence-corrected chi connectivity index (χ3v) is 5.99.